The fourth-order valence-electron chi connectivity index (χ4n) is 1.73. The molecular formula is C10H11NO2. The molecule has 2 aliphatic heterocycles. The first-order valence-electron chi connectivity index (χ1n) is 4.39. The van der Waals surface area contributed by atoms with Crippen molar-refractivity contribution in [1.82, 2.24) is 5.32 Å². The Morgan fingerprint density at radius 1 is 1.00 bits per heavy atom. The first-order valence-corrected chi connectivity index (χ1v) is 4.39. The lowest BCUT2D eigenvalue weighted by Crippen LogP contribution is -2.34. The van der Waals surface area contributed by atoms with Crippen LogP contribution in [-0.2, 0) is 0 Å². The minimum atomic E-state index is -0.346. The van der Waals surface area contributed by atoms with E-state index in [1.807, 2.05) is 38.1 Å². The van der Waals surface area contributed by atoms with Crippen molar-refractivity contribution < 1.29 is 9.47 Å². The van der Waals surface area contributed by atoms with Crippen molar-refractivity contribution in [2.75, 3.05) is 0 Å². The highest BCUT2D eigenvalue weighted by Gasteiger charge is 2.69. The second-order valence-corrected chi connectivity index (χ2v) is 3.84. The number of rotatable bonds is 0. The van der Waals surface area contributed by atoms with E-state index in [0.29, 0.717) is 0 Å². The summed E-state index contributed by atoms with van der Waals surface area (Å²) in [4.78, 5) is 0. The highest BCUT2D eigenvalue weighted by atomic mass is 16.7. The SMILES string of the molecule is CC12NC1(C)Oc1ccccc1O2. The number of ether oxygens (including phenoxy) is 2. The van der Waals surface area contributed by atoms with E-state index < -0.39 is 0 Å². The van der Waals surface area contributed by atoms with E-state index in [1.54, 1.807) is 0 Å². The molecule has 3 heteroatoms. The molecule has 3 nitrogen and oxygen atoms in total. The summed E-state index contributed by atoms with van der Waals surface area (Å²) in [6.07, 6.45) is 0. The smallest absolute Gasteiger partial charge is 0.215 e. The summed E-state index contributed by atoms with van der Waals surface area (Å²) in [6.45, 7) is 3.98. The van der Waals surface area contributed by atoms with E-state index in [1.165, 1.54) is 0 Å². The van der Waals surface area contributed by atoms with Crippen molar-refractivity contribution in [3.63, 3.8) is 0 Å². The van der Waals surface area contributed by atoms with Crippen LogP contribution in [0.1, 0.15) is 13.8 Å². The second-order valence-electron chi connectivity index (χ2n) is 3.84. The Kier molecular flexibility index (Phi) is 1.01. The van der Waals surface area contributed by atoms with Gasteiger partial charge < -0.3 is 9.47 Å². The standard InChI is InChI=1S/C10H11NO2/c1-9-10(2,11-9)13-8-6-4-3-5-7(8)12-9/h3-6,11H,1-2H3. The average Bonchev–Trinajstić information content (AvgIpc) is 2.61. The average molecular weight is 177 g/mol. The van der Waals surface area contributed by atoms with Crippen LogP contribution < -0.4 is 14.8 Å². The van der Waals surface area contributed by atoms with Crippen LogP contribution in [0.15, 0.2) is 24.3 Å². The maximum Gasteiger partial charge on any atom is 0.215 e. The molecule has 3 rings (SSSR count). The van der Waals surface area contributed by atoms with E-state index in [9.17, 15) is 0 Å². The Bertz CT molecular complexity index is 344. The zero-order valence-electron chi connectivity index (χ0n) is 7.63. The Labute approximate surface area is 76.7 Å². The molecule has 0 spiro atoms. The highest BCUT2D eigenvalue weighted by Crippen LogP contribution is 2.49. The Hall–Kier alpha value is -1.22. The van der Waals surface area contributed by atoms with Gasteiger partial charge in [-0.15, -0.1) is 0 Å². The van der Waals surface area contributed by atoms with Gasteiger partial charge in [-0.3, -0.25) is 0 Å². The molecule has 0 bridgehead atoms. The molecule has 0 aromatic heterocycles. The summed E-state index contributed by atoms with van der Waals surface area (Å²) in [5.74, 6) is 1.62. The molecule has 2 heterocycles. The minimum Gasteiger partial charge on any atom is -0.463 e. The largest absolute Gasteiger partial charge is 0.463 e. The molecule has 2 atom stereocenters. The van der Waals surface area contributed by atoms with Crippen molar-refractivity contribution in [3.8, 4) is 11.5 Å². The van der Waals surface area contributed by atoms with Gasteiger partial charge in [0.2, 0.25) is 11.4 Å². The molecule has 13 heavy (non-hydrogen) atoms. The maximum atomic E-state index is 5.76. The van der Waals surface area contributed by atoms with Crippen LogP contribution in [0.2, 0.25) is 0 Å². The third-order valence-corrected chi connectivity index (χ3v) is 2.80. The zero-order valence-corrected chi connectivity index (χ0v) is 7.63. The first kappa shape index (κ1) is 7.21. The summed E-state index contributed by atoms with van der Waals surface area (Å²) in [6, 6.07) is 7.72. The molecule has 1 fully saturated rings. The lowest BCUT2D eigenvalue weighted by molar-refractivity contribution is 0.0430. The van der Waals surface area contributed by atoms with Gasteiger partial charge in [0.05, 0.1) is 0 Å². The molecule has 1 aromatic rings. The highest BCUT2D eigenvalue weighted by molar-refractivity contribution is 5.44. The van der Waals surface area contributed by atoms with Crippen LogP contribution in [0.3, 0.4) is 0 Å². The van der Waals surface area contributed by atoms with Gasteiger partial charge in [0, 0.05) is 0 Å². The molecule has 68 valence electrons. The molecule has 0 amide bonds. The molecule has 0 aliphatic carbocycles. The van der Waals surface area contributed by atoms with Crippen molar-refractivity contribution >= 4 is 0 Å². The maximum absolute atomic E-state index is 5.76. The predicted octanol–water partition coefficient (Wildman–Crippen LogP) is 1.49. The molecular weight excluding hydrogens is 166 g/mol. The molecule has 1 N–H and O–H groups in total. The van der Waals surface area contributed by atoms with E-state index >= 15 is 0 Å². The summed E-state index contributed by atoms with van der Waals surface area (Å²) in [5, 5.41) is 3.19. The van der Waals surface area contributed by atoms with E-state index in [0.717, 1.165) is 11.5 Å². The molecule has 2 unspecified atom stereocenters. The van der Waals surface area contributed by atoms with E-state index in [4.69, 9.17) is 9.47 Å². The number of benzene rings is 1. The van der Waals surface area contributed by atoms with Crippen LogP contribution in [-0.4, -0.2) is 11.4 Å². The molecule has 2 aliphatic rings. The number of nitrogens with one attached hydrogen (secondary N) is 1. The van der Waals surface area contributed by atoms with Crippen LogP contribution in [0.25, 0.3) is 0 Å². The first-order chi connectivity index (χ1) is 6.13. The monoisotopic (exact) mass is 177 g/mol. The summed E-state index contributed by atoms with van der Waals surface area (Å²) in [7, 11) is 0. The van der Waals surface area contributed by atoms with Crippen LogP contribution in [0.4, 0.5) is 0 Å². The van der Waals surface area contributed by atoms with Crippen molar-refractivity contribution in [3.05, 3.63) is 24.3 Å². The van der Waals surface area contributed by atoms with Gasteiger partial charge >= 0.3 is 0 Å². The Morgan fingerprint density at radius 2 is 1.46 bits per heavy atom. The topological polar surface area (TPSA) is 40.4 Å². The van der Waals surface area contributed by atoms with Gasteiger partial charge in [0.1, 0.15) is 0 Å². The Morgan fingerprint density at radius 3 is 1.92 bits per heavy atom. The lowest BCUT2D eigenvalue weighted by atomic mass is 10.2. The van der Waals surface area contributed by atoms with Gasteiger partial charge in [-0.05, 0) is 26.0 Å². The van der Waals surface area contributed by atoms with Crippen LogP contribution in [0.5, 0.6) is 11.5 Å². The van der Waals surface area contributed by atoms with E-state index in [-0.39, 0.29) is 11.4 Å². The number of para-hydroxylation sites is 2. The van der Waals surface area contributed by atoms with Gasteiger partial charge in [-0.1, -0.05) is 12.1 Å². The summed E-state index contributed by atoms with van der Waals surface area (Å²) >= 11 is 0. The van der Waals surface area contributed by atoms with E-state index in [2.05, 4.69) is 5.32 Å². The fraction of sp³-hybridized carbons (Fsp3) is 0.400. The Balaban J connectivity index is 2.08. The van der Waals surface area contributed by atoms with Gasteiger partial charge in [-0.2, -0.15) is 0 Å². The van der Waals surface area contributed by atoms with Crippen molar-refractivity contribution in [2.24, 2.45) is 0 Å². The molecule has 1 aromatic carbocycles. The number of hydrogen-bond acceptors (Lipinski definition) is 3. The predicted molar refractivity (Wildman–Crippen MR) is 47.6 cm³/mol. The second kappa shape index (κ2) is 1.82. The molecule has 0 saturated carbocycles. The normalized spacial score (nSPS) is 39.5. The van der Waals surface area contributed by atoms with Crippen LogP contribution in [0, 0.1) is 0 Å². The van der Waals surface area contributed by atoms with Gasteiger partial charge in [-0.25, -0.2) is 5.32 Å². The van der Waals surface area contributed by atoms with Crippen molar-refractivity contribution in [2.45, 2.75) is 25.3 Å². The summed E-state index contributed by atoms with van der Waals surface area (Å²) < 4.78 is 11.5. The zero-order chi connectivity index (χ0) is 9.10. The third-order valence-electron chi connectivity index (χ3n) is 2.80. The minimum absolute atomic E-state index is 0.346. The number of fused-ring (bicyclic) bond motifs is 2. The van der Waals surface area contributed by atoms with Crippen LogP contribution >= 0.6 is 0 Å². The summed E-state index contributed by atoms with van der Waals surface area (Å²) in [5.41, 5.74) is -0.692. The number of hydrogen-bond donors (Lipinski definition) is 1. The molecule has 0 radical (unpaired) electrons. The van der Waals surface area contributed by atoms with Crippen molar-refractivity contribution in [1.29, 1.82) is 0 Å². The lowest BCUT2D eigenvalue weighted by Gasteiger charge is -2.25. The fourth-order valence-corrected chi connectivity index (χ4v) is 1.73. The van der Waals surface area contributed by atoms with Gasteiger partial charge in [0.25, 0.3) is 0 Å². The quantitative estimate of drug-likeness (QED) is 0.610. The third kappa shape index (κ3) is 0.773. The molecule has 1 saturated heterocycles. The van der Waals surface area contributed by atoms with Gasteiger partial charge in [0.15, 0.2) is 11.5 Å².